The third-order valence-electron chi connectivity index (χ3n) is 1.56. The van der Waals surface area contributed by atoms with Gasteiger partial charge in [0.15, 0.2) is 0 Å². The predicted octanol–water partition coefficient (Wildman–Crippen LogP) is 1.22. The number of hydrogen-bond donors (Lipinski definition) is 1. The van der Waals surface area contributed by atoms with Crippen molar-refractivity contribution in [2.24, 2.45) is 5.92 Å². The minimum Gasteiger partial charge on any atom is -0.478 e. The molecule has 1 aliphatic rings. The van der Waals surface area contributed by atoms with E-state index in [1.165, 1.54) is 0 Å². The molecule has 13 heavy (non-hydrogen) atoms. The van der Waals surface area contributed by atoms with Gasteiger partial charge in [0.2, 0.25) is 0 Å². The second kappa shape index (κ2) is 6.22. The monoisotopic (exact) mass is 186 g/mol. The molecule has 0 radical (unpaired) electrons. The fourth-order valence-electron chi connectivity index (χ4n) is 0.819. The van der Waals surface area contributed by atoms with Crippen molar-refractivity contribution in [2.45, 2.75) is 19.8 Å². The van der Waals surface area contributed by atoms with E-state index in [4.69, 9.17) is 9.84 Å². The summed E-state index contributed by atoms with van der Waals surface area (Å²) < 4.78 is 4.71. The lowest BCUT2D eigenvalue weighted by atomic mass is 10.0. The summed E-state index contributed by atoms with van der Waals surface area (Å²) in [4.78, 5) is 19.7. The van der Waals surface area contributed by atoms with E-state index in [1.807, 2.05) is 0 Å². The molecule has 0 amide bonds. The van der Waals surface area contributed by atoms with E-state index in [-0.39, 0.29) is 5.97 Å². The highest BCUT2D eigenvalue weighted by atomic mass is 16.5. The Morgan fingerprint density at radius 1 is 1.77 bits per heavy atom. The van der Waals surface area contributed by atoms with E-state index >= 15 is 0 Å². The van der Waals surface area contributed by atoms with E-state index in [2.05, 4.69) is 13.5 Å². The number of carbonyl (C=O) groups excluding carboxylic acids is 1. The van der Waals surface area contributed by atoms with Gasteiger partial charge in [-0.05, 0) is 12.3 Å². The lowest BCUT2D eigenvalue weighted by molar-refractivity contribution is -0.148. The Hall–Kier alpha value is -1.32. The molecule has 0 aromatic carbocycles. The molecule has 0 spiro atoms. The average molecular weight is 186 g/mol. The first-order chi connectivity index (χ1) is 6.06. The van der Waals surface area contributed by atoms with Gasteiger partial charge in [-0.3, -0.25) is 4.79 Å². The van der Waals surface area contributed by atoms with Gasteiger partial charge in [-0.25, -0.2) is 4.79 Å². The standard InChI is InChI=1S/C6H10O2.C3H4O2/c1-5-2-3-8-6(7)4-5;1-2-3(4)5/h5H,2-4H2,1H3;2H,1H2,(H,4,5). The average Bonchev–Trinajstić information content (AvgIpc) is 2.05. The van der Waals surface area contributed by atoms with E-state index < -0.39 is 5.97 Å². The summed E-state index contributed by atoms with van der Waals surface area (Å²) in [5.41, 5.74) is 0. The maximum atomic E-state index is 10.5. The second-order valence-corrected chi connectivity index (χ2v) is 2.86. The first-order valence-electron chi connectivity index (χ1n) is 4.07. The van der Waals surface area contributed by atoms with Crippen molar-refractivity contribution in [1.29, 1.82) is 0 Å². The zero-order valence-corrected chi connectivity index (χ0v) is 7.66. The van der Waals surface area contributed by atoms with Crippen molar-refractivity contribution in [2.75, 3.05) is 6.61 Å². The number of ether oxygens (including phenoxy) is 1. The molecule has 0 aromatic heterocycles. The van der Waals surface area contributed by atoms with Crippen molar-refractivity contribution in [1.82, 2.24) is 0 Å². The molecule has 1 aliphatic heterocycles. The molecule has 1 unspecified atom stereocenters. The topological polar surface area (TPSA) is 63.6 Å². The number of carboxylic acid groups (broad SMARTS) is 1. The number of hydrogen-bond acceptors (Lipinski definition) is 3. The molecule has 0 bridgehead atoms. The van der Waals surface area contributed by atoms with E-state index in [9.17, 15) is 9.59 Å². The maximum absolute atomic E-state index is 10.5. The third kappa shape index (κ3) is 7.05. The zero-order chi connectivity index (χ0) is 10.3. The summed E-state index contributed by atoms with van der Waals surface area (Å²) in [6.45, 7) is 5.66. The van der Waals surface area contributed by atoms with Gasteiger partial charge in [0.05, 0.1) is 6.61 Å². The van der Waals surface area contributed by atoms with Gasteiger partial charge in [0, 0.05) is 12.5 Å². The van der Waals surface area contributed by atoms with Gasteiger partial charge in [0.1, 0.15) is 0 Å². The SMILES string of the molecule is C=CC(=O)O.CC1CCOC(=O)C1. The maximum Gasteiger partial charge on any atom is 0.327 e. The summed E-state index contributed by atoms with van der Waals surface area (Å²) in [7, 11) is 0. The Balaban J connectivity index is 0.000000252. The largest absolute Gasteiger partial charge is 0.478 e. The Morgan fingerprint density at radius 2 is 2.31 bits per heavy atom. The molecular formula is C9H14O4. The number of carbonyl (C=O) groups is 2. The molecule has 1 atom stereocenters. The summed E-state index contributed by atoms with van der Waals surface area (Å²) in [5, 5.41) is 7.60. The van der Waals surface area contributed by atoms with Gasteiger partial charge in [-0.15, -0.1) is 0 Å². The lowest BCUT2D eigenvalue weighted by Crippen LogP contribution is -2.18. The van der Waals surface area contributed by atoms with Gasteiger partial charge in [-0.2, -0.15) is 0 Å². The third-order valence-corrected chi connectivity index (χ3v) is 1.56. The number of cyclic esters (lactones) is 1. The van der Waals surface area contributed by atoms with Gasteiger partial charge in [0.25, 0.3) is 0 Å². The highest BCUT2D eigenvalue weighted by Crippen LogP contribution is 2.13. The number of aliphatic carboxylic acids is 1. The quantitative estimate of drug-likeness (QED) is 0.494. The summed E-state index contributed by atoms with van der Waals surface area (Å²) in [6.07, 6.45) is 2.48. The second-order valence-electron chi connectivity index (χ2n) is 2.86. The molecule has 1 fully saturated rings. The Kier molecular flexibility index (Phi) is 5.59. The van der Waals surface area contributed by atoms with Crippen molar-refractivity contribution in [3.05, 3.63) is 12.7 Å². The van der Waals surface area contributed by atoms with Gasteiger partial charge in [-0.1, -0.05) is 13.5 Å². The molecule has 1 N–H and O–H groups in total. The highest BCUT2D eigenvalue weighted by molar-refractivity contribution is 5.78. The minimum absolute atomic E-state index is 0.0382. The van der Waals surface area contributed by atoms with Gasteiger partial charge < -0.3 is 9.84 Å². The summed E-state index contributed by atoms with van der Waals surface area (Å²) in [6, 6.07) is 0. The smallest absolute Gasteiger partial charge is 0.327 e. The molecule has 1 rings (SSSR count). The van der Waals surface area contributed by atoms with Crippen LogP contribution in [-0.2, 0) is 14.3 Å². The van der Waals surface area contributed by atoms with Crippen LogP contribution in [0, 0.1) is 5.92 Å². The number of esters is 1. The number of carboxylic acids is 1. The van der Waals surface area contributed by atoms with E-state index in [1.54, 1.807) is 0 Å². The Bertz CT molecular complexity index is 198. The normalized spacial score (nSPS) is 20.7. The first-order valence-corrected chi connectivity index (χ1v) is 4.07. The summed E-state index contributed by atoms with van der Waals surface area (Å²) >= 11 is 0. The van der Waals surface area contributed by atoms with E-state index in [0.717, 1.165) is 12.5 Å². The molecular weight excluding hydrogens is 172 g/mol. The van der Waals surface area contributed by atoms with Crippen molar-refractivity contribution >= 4 is 11.9 Å². The van der Waals surface area contributed by atoms with Crippen LogP contribution < -0.4 is 0 Å². The molecule has 0 aliphatic carbocycles. The van der Waals surface area contributed by atoms with Crippen molar-refractivity contribution < 1.29 is 19.4 Å². The predicted molar refractivity (Wildman–Crippen MR) is 47.2 cm³/mol. The van der Waals surface area contributed by atoms with Gasteiger partial charge >= 0.3 is 11.9 Å². The van der Waals surface area contributed by atoms with Crippen LogP contribution in [0.15, 0.2) is 12.7 Å². The summed E-state index contributed by atoms with van der Waals surface area (Å²) in [5.74, 6) is -0.481. The van der Waals surface area contributed by atoms with Crippen LogP contribution in [0.3, 0.4) is 0 Å². The Labute approximate surface area is 77.2 Å². The highest BCUT2D eigenvalue weighted by Gasteiger charge is 2.15. The molecule has 0 saturated carbocycles. The molecule has 0 aromatic rings. The first kappa shape index (κ1) is 11.7. The fraction of sp³-hybridized carbons (Fsp3) is 0.556. The van der Waals surface area contributed by atoms with Crippen LogP contribution in [0.5, 0.6) is 0 Å². The van der Waals surface area contributed by atoms with Crippen LogP contribution in [0.2, 0.25) is 0 Å². The van der Waals surface area contributed by atoms with Crippen molar-refractivity contribution in [3.8, 4) is 0 Å². The fourth-order valence-corrected chi connectivity index (χ4v) is 0.819. The Morgan fingerprint density at radius 3 is 2.54 bits per heavy atom. The van der Waals surface area contributed by atoms with E-state index in [0.29, 0.717) is 18.9 Å². The molecule has 1 heterocycles. The van der Waals surface area contributed by atoms with Crippen LogP contribution in [-0.4, -0.2) is 23.7 Å². The van der Waals surface area contributed by atoms with Crippen molar-refractivity contribution in [3.63, 3.8) is 0 Å². The van der Waals surface area contributed by atoms with Crippen LogP contribution >= 0.6 is 0 Å². The molecule has 74 valence electrons. The molecule has 4 nitrogen and oxygen atoms in total. The van der Waals surface area contributed by atoms with Crippen LogP contribution in [0.1, 0.15) is 19.8 Å². The van der Waals surface area contributed by atoms with Crippen LogP contribution in [0.4, 0.5) is 0 Å². The lowest BCUT2D eigenvalue weighted by Gasteiger charge is -2.16. The molecule has 1 saturated heterocycles. The van der Waals surface area contributed by atoms with Crippen LogP contribution in [0.25, 0.3) is 0 Å². The number of rotatable bonds is 1. The minimum atomic E-state index is -0.981. The molecule has 4 heteroatoms. The zero-order valence-electron chi connectivity index (χ0n) is 7.66.